The summed E-state index contributed by atoms with van der Waals surface area (Å²) in [7, 11) is -6.55. The molecule has 144 heavy (non-hydrogen) atoms. The summed E-state index contributed by atoms with van der Waals surface area (Å²) in [6.45, 7) is 9.20. The largest absolute Gasteiger partial charge is 1.00 e. The maximum absolute atomic E-state index is 2.37. The van der Waals surface area contributed by atoms with E-state index in [9.17, 15) is 0 Å². The minimum Gasteiger partial charge on any atom is -1.00 e. The van der Waals surface area contributed by atoms with E-state index in [4.69, 9.17) is 0 Å². The van der Waals surface area contributed by atoms with Gasteiger partial charge in [0.1, 0.15) is 92.7 Å². The minimum atomic E-state index is -1.64. The Bertz CT molecular complexity index is 3810. The molecule has 0 aliphatic heterocycles. The molecule has 0 aromatic heterocycles. The Hall–Kier alpha value is -7.92. The second-order valence-electron chi connectivity index (χ2n) is 40.5. The average Bonchev–Trinajstić information content (AvgIpc) is 0.774. The molecule has 0 fully saturated rings. The van der Waals surface area contributed by atoms with Crippen molar-refractivity contribution in [1.82, 2.24) is 0 Å². The second kappa shape index (κ2) is 82.0. The summed E-state index contributed by atoms with van der Waals surface area (Å²) in [6.07, 6.45) is 84.2. The molecule has 0 spiro atoms. The van der Waals surface area contributed by atoms with Gasteiger partial charge in [-0.2, -0.15) is 0 Å². The Morgan fingerprint density at radius 3 is 0.243 bits per heavy atom. The molecule has 0 bridgehead atoms. The number of hydrogen-bond donors (Lipinski definition) is 0. The lowest BCUT2D eigenvalue weighted by Gasteiger charge is -2.27. The van der Waals surface area contributed by atoms with Crippen LogP contribution in [0.4, 0.5) is 0 Å². The molecule has 12 rings (SSSR count). The van der Waals surface area contributed by atoms with Crippen LogP contribution in [0.3, 0.4) is 0 Å². The molecule has 0 radical (unpaired) electrons. The average molecular weight is 2030 g/mol. The van der Waals surface area contributed by atoms with E-state index in [-0.39, 0.29) is 18.8 Å². The van der Waals surface area contributed by atoms with Crippen molar-refractivity contribution in [2.24, 2.45) is 0 Å². The van der Waals surface area contributed by atoms with Gasteiger partial charge in [0.15, 0.2) is 0 Å². The van der Waals surface area contributed by atoms with E-state index >= 15 is 0 Å². The van der Waals surface area contributed by atoms with Crippen LogP contribution in [-0.4, -0.2) is 24.6 Å². The van der Waals surface area contributed by atoms with Gasteiger partial charge in [-0.15, -0.1) is 0 Å². The second-order valence-corrected chi connectivity index (χ2v) is 55.0. The Morgan fingerprint density at radius 1 is 0.0972 bits per heavy atom. The van der Waals surface area contributed by atoms with Crippen molar-refractivity contribution in [3.8, 4) is 0 Å². The summed E-state index contributed by atoms with van der Waals surface area (Å²) in [4.78, 5) is 0. The first-order valence-electron chi connectivity index (χ1n) is 57.7. The van der Waals surface area contributed by atoms with Crippen LogP contribution in [0.2, 0.25) is 0 Å². The van der Waals surface area contributed by atoms with Crippen molar-refractivity contribution in [3.63, 3.8) is 0 Å². The highest BCUT2D eigenvalue weighted by molar-refractivity contribution is 7.97. The van der Waals surface area contributed by atoms with Crippen molar-refractivity contribution in [2.45, 2.75) is 387 Å². The van der Waals surface area contributed by atoms with Crippen LogP contribution in [0.15, 0.2) is 364 Å². The maximum Gasteiger partial charge on any atom is 0.112 e. The third-order valence-electron chi connectivity index (χ3n) is 29.8. The zero-order valence-electron chi connectivity index (χ0n) is 90.4. The van der Waals surface area contributed by atoms with Gasteiger partial charge in [0, 0.05) is 0 Å². The van der Waals surface area contributed by atoms with Crippen molar-refractivity contribution in [1.29, 1.82) is 0 Å². The lowest BCUT2D eigenvalue weighted by Crippen LogP contribution is -3.00. The van der Waals surface area contributed by atoms with Crippen molar-refractivity contribution in [3.05, 3.63) is 364 Å². The van der Waals surface area contributed by atoms with Gasteiger partial charge in [-0.05, 0) is 197 Å². The van der Waals surface area contributed by atoms with Crippen LogP contribution >= 0.6 is 29.0 Å². The quantitative estimate of drug-likeness (QED) is 0.0202. The fraction of sp³-hybridized carbons (Fsp3) is 0.471. The SMILES string of the molecule is CCCCCCCCCCCCCCCC[P+](c1ccccc1)(c1ccccc1)c1ccccc1.CCCCCCCCCCCCCCCC[P+](c1ccccc1)(c1ccccc1)c1ccccc1.CCCCCCCCCCCCCCCC[P+](c1ccccc1)(c1ccccc1)c1ccccc1.CCCCCCCCCCCCCCCC[P+](c1ccccc1)(c1ccccc1)c1ccccc1.[F-].[F-].[F-].[F-]. The zero-order chi connectivity index (χ0) is 97.8. The number of rotatable bonds is 72. The van der Waals surface area contributed by atoms with Gasteiger partial charge >= 0.3 is 0 Å². The van der Waals surface area contributed by atoms with Crippen LogP contribution in [0.1, 0.15) is 387 Å². The lowest BCUT2D eigenvalue weighted by atomic mass is 10.0. The van der Waals surface area contributed by atoms with Crippen LogP contribution in [0.5, 0.6) is 0 Å². The molecule has 8 heteroatoms. The predicted molar refractivity (Wildman–Crippen MR) is 641 cm³/mol. The summed E-state index contributed by atoms with van der Waals surface area (Å²) >= 11 is 0. The van der Waals surface area contributed by atoms with Gasteiger partial charge in [0.05, 0.1) is 24.6 Å². The summed E-state index contributed by atoms with van der Waals surface area (Å²) in [5, 5.41) is 18.2. The molecule has 0 amide bonds. The fourth-order valence-corrected chi connectivity index (χ4v) is 39.3. The summed E-state index contributed by atoms with van der Waals surface area (Å²) < 4.78 is 0. The molecule has 0 aliphatic rings. The van der Waals surface area contributed by atoms with Gasteiger partial charge < -0.3 is 18.8 Å². The minimum absolute atomic E-state index is 0. The molecule has 12 aromatic carbocycles. The number of benzene rings is 12. The van der Waals surface area contributed by atoms with Gasteiger partial charge in [0.2, 0.25) is 0 Å². The Labute approximate surface area is 881 Å². The molecule has 0 unspecified atom stereocenters. The first kappa shape index (κ1) is 127. The van der Waals surface area contributed by atoms with Gasteiger partial charge in [-0.1, -0.05) is 554 Å². The van der Waals surface area contributed by atoms with Crippen LogP contribution in [-0.2, 0) is 0 Å². The molecule has 0 saturated carbocycles. The third kappa shape index (κ3) is 45.6. The number of hydrogen-bond acceptors (Lipinski definition) is 0. The molecular weight excluding hydrogens is 1830 g/mol. The molecule has 784 valence electrons. The Balaban J connectivity index is 0.000000335. The first-order valence-corrected chi connectivity index (χ1v) is 65.6. The molecule has 0 aliphatic carbocycles. The summed E-state index contributed by atoms with van der Waals surface area (Å²) in [5.74, 6) is 0. The van der Waals surface area contributed by atoms with E-state index in [2.05, 4.69) is 392 Å². The van der Waals surface area contributed by atoms with Gasteiger partial charge in [-0.3, -0.25) is 0 Å². The monoisotopic (exact) mass is 2030 g/mol. The molecule has 12 aromatic rings. The van der Waals surface area contributed by atoms with E-state index in [1.165, 1.54) is 448 Å². The van der Waals surface area contributed by atoms with E-state index < -0.39 is 29.0 Å². The molecule has 0 N–H and O–H groups in total. The lowest BCUT2D eigenvalue weighted by molar-refractivity contribution is -0.00100. The van der Waals surface area contributed by atoms with Crippen LogP contribution in [0.25, 0.3) is 0 Å². The fourth-order valence-electron chi connectivity index (χ4n) is 21.7. The Morgan fingerprint density at radius 2 is 0.167 bits per heavy atom. The standard InChI is InChI=1S/4C34H48P.4FH/c4*1-2-3-4-5-6-7-8-9-10-11-12-13-14-24-31-35(32-25-18-15-19-26-32,33-27-20-16-21-28-33)34-29-22-17-23-30-34;;;;/h4*15-23,25-30H,2-14,24,31H2,1H3;4*1H/q4*+1;;;;/p-4. The van der Waals surface area contributed by atoms with Crippen molar-refractivity contribution >= 4 is 92.7 Å². The Kier molecular flexibility index (Phi) is 72.1. The van der Waals surface area contributed by atoms with E-state index in [1.807, 2.05) is 0 Å². The molecule has 0 nitrogen and oxygen atoms in total. The summed E-state index contributed by atoms with van der Waals surface area (Å²) in [5.41, 5.74) is 0. The van der Waals surface area contributed by atoms with Crippen molar-refractivity contribution < 1.29 is 18.8 Å². The highest BCUT2D eigenvalue weighted by Gasteiger charge is 2.48. The van der Waals surface area contributed by atoms with Crippen molar-refractivity contribution in [2.75, 3.05) is 24.6 Å². The van der Waals surface area contributed by atoms with Crippen LogP contribution < -0.4 is 82.5 Å². The molecular formula is C136H192F4P4. The zero-order valence-corrected chi connectivity index (χ0v) is 93.9. The predicted octanol–water partition coefficient (Wildman–Crippen LogP) is 25.9. The van der Waals surface area contributed by atoms with Gasteiger partial charge in [0.25, 0.3) is 0 Å². The number of halogens is 4. The maximum atomic E-state index is 2.37. The van der Waals surface area contributed by atoms with Crippen LogP contribution in [0, 0.1) is 0 Å². The highest BCUT2D eigenvalue weighted by Crippen LogP contribution is 2.60. The molecule has 0 saturated heterocycles. The highest BCUT2D eigenvalue weighted by atomic mass is 31.2. The van der Waals surface area contributed by atoms with E-state index in [0.29, 0.717) is 0 Å². The van der Waals surface area contributed by atoms with E-state index in [0.717, 1.165) is 0 Å². The number of unbranched alkanes of at least 4 members (excludes halogenated alkanes) is 52. The topological polar surface area (TPSA) is 0 Å². The summed E-state index contributed by atoms with van der Waals surface area (Å²) in [6, 6.07) is 136. The first-order chi connectivity index (χ1) is 69.5. The molecule has 0 heterocycles. The van der Waals surface area contributed by atoms with E-state index in [1.54, 1.807) is 0 Å². The third-order valence-corrected chi connectivity index (χ3v) is 47.9. The van der Waals surface area contributed by atoms with Gasteiger partial charge in [-0.25, -0.2) is 0 Å². The normalized spacial score (nSPS) is 11.2. The molecule has 0 atom stereocenters. The smallest absolute Gasteiger partial charge is 0.112 e.